The van der Waals surface area contributed by atoms with Crippen LogP contribution in [0.3, 0.4) is 0 Å². The zero-order valence-corrected chi connectivity index (χ0v) is 8.13. The van der Waals surface area contributed by atoms with Gasteiger partial charge in [-0.3, -0.25) is 4.79 Å². The minimum Gasteiger partial charge on any atom is -0.468 e. The third kappa shape index (κ3) is 5.26. The molecule has 0 aliphatic rings. The molecule has 0 aromatic rings. The summed E-state index contributed by atoms with van der Waals surface area (Å²) < 4.78 is 4.36. The molecule has 0 fully saturated rings. The molecule has 0 radical (unpaired) electrons. The van der Waals surface area contributed by atoms with Crippen molar-refractivity contribution >= 4 is 30.8 Å². The highest BCUT2D eigenvalue weighted by Gasteiger charge is 2.26. The maximum atomic E-state index is 10.6. The van der Waals surface area contributed by atoms with Crippen LogP contribution in [0, 0.1) is 0 Å². The van der Waals surface area contributed by atoms with E-state index in [1.54, 1.807) is 0 Å². The van der Waals surface area contributed by atoms with Crippen LogP contribution in [0.5, 0.6) is 0 Å². The lowest BCUT2D eigenvalue weighted by atomic mass is 10.1. The van der Waals surface area contributed by atoms with Gasteiger partial charge in [-0.25, -0.2) is 0 Å². The molecule has 0 rings (SSSR count). The highest BCUT2D eigenvalue weighted by atomic mass is 35.5. The topological polar surface area (TPSA) is 78.3 Å². The standard InChI is InChI=1S/C5H12N2O2.2ClH/c1-5(7,3-6)4(8)9-2;;/h3,6-7H2,1-2H3;2*1H. The summed E-state index contributed by atoms with van der Waals surface area (Å²) in [5, 5.41) is 0. The maximum absolute atomic E-state index is 10.6. The first kappa shape index (κ1) is 17.2. The summed E-state index contributed by atoms with van der Waals surface area (Å²) in [6, 6.07) is 0. The minimum atomic E-state index is -1.03. The highest BCUT2D eigenvalue weighted by Crippen LogP contribution is 1.96. The quantitative estimate of drug-likeness (QED) is 0.605. The second kappa shape index (κ2) is 6.67. The van der Waals surface area contributed by atoms with Crippen molar-refractivity contribution in [3.05, 3.63) is 0 Å². The Morgan fingerprint density at radius 1 is 1.55 bits per heavy atom. The third-order valence-corrected chi connectivity index (χ3v) is 1.08. The fraction of sp³-hybridized carbons (Fsp3) is 0.800. The first-order chi connectivity index (χ1) is 4.04. The molecule has 70 valence electrons. The zero-order valence-electron chi connectivity index (χ0n) is 6.49. The van der Waals surface area contributed by atoms with Crippen LogP contribution in [0.25, 0.3) is 0 Å². The Morgan fingerprint density at radius 3 is 2.00 bits per heavy atom. The summed E-state index contributed by atoms with van der Waals surface area (Å²) in [5.41, 5.74) is 9.49. The van der Waals surface area contributed by atoms with Crippen LogP contribution in [0.15, 0.2) is 0 Å². The van der Waals surface area contributed by atoms with Gasteiger partial charge in [0.05, 0.1) is 7.11 Å². The normalized spacial score (nSPS) is 13.5. The van der Waals surface area contributed by atoms with Crippen molar-refractivity contribution in [3.63, 3.8) is 0 Å². The lowest BCUT2D eigenvalue weighted by molar-refractivity contribution is -0.145. The number of esters is 1. The van der Waals surface area contributed by atoms with E-state index in [1.165, 1.54) is 14.0 Å². The summed E-state index contributed by atoms with van der Waals surface area (Å²) in [4.78, 5) is 10.6. The van der Waals surface area contributed by atoms with Crippen LogP contribution < -0.4 is 11.5 Å². The number of carbonyl (C=O) groups excluding carboxylic acids is 1. The van der Waals surface area contributed by atoms with Crippen molar-refractivity contribution in [3.8, 4) is 0 Å². The Labute approximate surface area is 78.5 Å². The average Bonchev–Trinajstić information content (AvgIpc) is 1.86. The highest BCUT2D eigenvalue weighted by molar-refractivity contribution is 5.85. The second-order valence-corrected chi connectivity index (χ2v) is 2.11. The van der Waals surface area contributed by atoms with E-state index >= 15 is 0 Å². The Kier molecular flexibility index (Phi) is 10.4. The van der Waals surface area contributed by atoms with Crippen LogP contribution in [0.2, 0.25) is 0 Å². The number of hydrogen-bond donors (Lipinski definition) is 2. The molecule has 0 heterocycles. The van der Waals surface area contributed by atoms with Crippen molar-refractivity contribution in [2.75, 3.05) is 13.7 Å². The molecular formula is C5H14Cl2N2O2. The molecule has 0 aromatic carbocycles. The smallest absolute Gasteiger partial charge is 0.326 e. The molecular weight excluding hydrogens is 191 g/mol. The Balaban J connectivity index is -0.000000320. The van der Waals surface area contributed by atoms with Gasteiger partial charge in [0.1, 0.15) is 5.54 Å². The fourth-order valence-corrected chi connectivity index (χ4v) is 0.316. The molecule has 0 aliphatic carbocycles. The van der Waals surface area contributed by atoms with Gasteiger partial charge in [-0.1, -0.05) is 0 Å². The van der Waals surface area contributed by atoms with Gasteiger partial charge in [-0.05, 0) is 6.92 Å². The van der Waals surface area contributed by atoms with E-state index in [0.717, 1.165) is 0 Å². The van der Waals surface area contributed by atoms with Gasteiger partial charge in [0.2, 0.25) is 0 Å². The number of methoxy groups -OCH3 is 1. The van der Waals surface area contributed by atoms with Gasteiger partial charge >= 0.3 is 5.97 Å². The van der Waals surface area contributed by atoms with Gasteiger partial charge in [-0.2, -0.15) is 0 Å². The van der Waals surface area contributed by atoms with Gasteiger partial charge in [0.25, 0.3) is 0 Å². The van der Waals surface area contributed by atoms with Gasteiger partial charge in [-0.15, -0.1) is 24.8 Å². The molecule has 6 heteroatoms. The number of rotatable bonds is 2. The number of nitrogens with two attached hydrogens (primary N) is 2. The summed E-state index contributed by atoms with van der Waals surface area (Å²) in [6.45, 7) is 1.62. The lowest BCUT2D eigenvalue weighted by Gasteiger charge is -2.17. The Morgan fingerprint density at radius 2 is 1.91 bits per heavy atom. The summed E-state index contributed by atoms with van der Waals surface area (Å²) in [5.74, 6) is -0.481. The van der Waals surface area contributed by atoms with Crippen molar-refractivity contribution < 1.29 is 9.53 Å². The van der Waals surface area contributed by atoms with E-state index in [0.29, 0.717) is 0 Å². The molecule has 4 N–H and O–H groups in total. The molecule has 4 nitrogen and oxygen atoms in total. The predicted octanol–water partition coefficient (Wildman–Crippen LogP) is -0.321. The molecule has 0 spiro atoms. The van der Waals surface area contributed by atoms with Crippen molar-refractivity contribution in [1.29, 1.82) is 0 Å². The molecule has 1 unspecified atom stereocenters. The SMILES string of the molecule is COC(=O)C(C)(N)CN.Cl.Cl. The molecule has 0 aliphatic heterocycles. The predicted molar refractivity (Wildman–Crippen MR) is 48.2 cm³/mol. The third-order valence-electron chi connectivity index (χ3n) is 1.08. The first-order valence-electron chi connectivity index (χ1n) is 2.62. The number of ether oxygens (including phenoxy) is 1. The number of halogens is 2. The molecule has 0 aromatic heterocycles. The van der Waals surface area contributed by atoms with Crippen molar-refractivity contribution in [2.24, 2.45) is 11.5 Å². The van der Waals surface area contributed by atoms with Gasteiger partial charge in [0, 0.05) is 6.54 Å². The van der Waals surface area contributed by atoms with E-state index in [-0.39, 0.29) is 31.4 Å². The molecule has 11 heavy (non-hydrogen) atoms. The van der Waals surface area contributed by atoms with E-state index < -0.39 is 11.5 Å². The van der Waals surface area contributed by atoms with E-state index in [2.05, 4.69) is 4.74 Å². The average molecular weight is 205 g/mol. The van der Waals surface area contributed by atoms with Gasteiger partial charge < -0.3 is 16.2 Å². The summed E-state index contributed by atoms with van der Waals surface area (Å²) >= 11 is 0. The molecule has 0 bridgehead atoms. The monoisotopic (exact) mass is 204 g/mol. The largest absolute Gasteiger partial charge is 0.468 e. The van der Waals surface area contributed by atoms with E-state index in [1.807, 2.05) is 0 Å². The van der Waals surface area contributed by atoms with Crippen LogP contribution in [0.4, 0.5) is 0 Å². The second-order valence-electron chi connectivity index (χ2n) is 2.11. The Bertz CT molecular complexity index is 119. The van der Waals surface area contributed by atoms with E-state index in [4.69, 9.17) is 11.5 Å². The lowest BCUT2D eigenvalue weighted by Crippen LogP contribution is -2.51. The zero-order chi connectivity index (χ0) is 7.49. The fourth-order valence-electron chi connectivity index (χ4n) is 0.316. The number of carbonyl (C=O) groups is 1. The van der Waals surface area contributed by atoms with E-state index in [9.17, 15) is 4.79 Å². The van der Waals surface area contributed by atoms with Gasteiger partial charge in [0.15, 0.2) is 0 Å². The molecule has 0 saturated heterocycles. The van der Waals surface area contributed by atoms with Crippen LogP contribution >= 0.6 is 24.8 Å². The maximum Gasteiger partial charge on any atom is 0.326 e. The minimum absolute atomic E-state index is 0. The van der Waals surface area contributed by atoms with Crippen LogP contribution in [0.1, 0.15) is 6.92 Å². The van der Waals surface area contributed by atoms with Crippen LogP contribution in [-0.2, 0) is 9.53 Å². The van der Waals surface area contributed by atoms with Crippen molar-refractivity contribution in [1.82, 2.24) is 0 Å². The summed E-state index contributed by atoms with van der Waals surface area (Å²) in [6.07, 6.45) is 0. The molecule has 0 saturated carbocycles. The number of hydrogen-bond acceptors (Lipinski definition) is 4. The first-order valence-corrected chi connectivity index (χ1v) is 2.62. The van der Waals surface area contributed by atoms with Crippen molar-refractivity contribution in [2.45, 2.75) is 12.5 Å². The van der Waals surface area contributed by atoms with Crippen LogP contribution in [-0.4, -0.2) is 25.2 Å². The molecule has 0 amide bonds. The summed E-state index contributed by atoms with van der Waals surface area (Å²) in [7, 11) is 1.28. The molecule has 1 atom stereocenters. The Hall–Kier alpha value is -0.0300.